The molecule has 0 radical (unpaired) electrons. The van der Waals surface area contributed by atoms with Gasteiger partial charge in [-0.1, -0.05) is 22.3 Å². The lowest BCUT2D eigenvalue weighted by Gasteiger charge is -2.43. The third-order valence-corrected chi connectivity index (χ3v) is 6.70. The maximum absolute atomic E-state index is 13.3. The molecule has 0 aliphatic heterocycles. The van der Waals surface area contributed by atoms with E-state index in [1.807, 2.05) is 12.4 Å². The zero-order chi connectivity index (χ0) is 17.1. The summed E-state index contributed by atoms with van der Waals surface area (Å²) in [5.74, 6) is 0.479. The highest BCUT2D eigenvalue weighted by Crippen LogP contribution is 2.59. The molecule has 0 saturated carbocycles. The van der Waals surface area contributed by atoms with Gasteiger partial charge in [0.15, 0.2) is 5.78 Å². The monoisotopic (exact) mass is 319 g/mol. The van der Waals surface area contributed by atoms with E-state index in [-0.39, 0.29) is 11.3 Å². The van der Waals surface area contributed by atoms with Crippen LogP contribution in [0.4, 0.5) is 0 Å². The van der Waals surface area contributed by atoms with Crippen LogP contribution in [0.2, 0.25) is 0 Å². The van der Waals surface area contributed by atoms with E-state index in [2.05, 4.69) is 44.8 Å². The SMILES string of the molecule is CC1=C(C)CC2=C(C1)C(=O)C1CC(C)=C(C)CC21c1ccncc1. The highest BCUT2D eigenvalue weighted by Gasteiger charge is 2.56. The van der Waals surface area contributed by atoms with Crippen molar-refractivity contribution in [1.82, 2.24) is 4.98 Å². The van der Waals surface area contributed by atoms with Gasteiger partial charge in [-0.15, -0.1) is 0 Å². The van der Waals surface area contributed by atoms with E-state index in [9.17, 15) is 4.79 Å². The number of hydrogen-bond donors (Lipinski definition) is 0. The fourth-order valence-corrected chi connectivity index (χ4v) is 5.03. The molecule has 24 heavy (non-hydrogen) atoms. The summed E-state index contributed by atoms with van der Waals surface area (Å²) in [6.07, 6.45) is 7.44. The second-order valence-corrected chi connectivity index (χ2v) is 7.94. The number of ketones is 1. The van der Waals surface area contributed by atoms with E-state index in [4.69, 9.17) is 0 Å². The van der Waals surface area contributed by atoms with Gasteiger partial charge in [0.25, 0.3) is 0 Å². The minimum atomic E-state index is -0.138. The molecule has 3 aliphatic carbocycles. The summed E-state index contributed by atoms with van der Waals surface area (Å²) >= 11 is 0. The Bertz CT molecular complexity index is 825. The lowest BCUT2D eigenvalue weighted by atomic mass is 9.59. The minimum absolute atomic E-state index is 0.0762. The number of aromatic nitrogens is 1. The van der Waals surface area contributed by atoms with Gasteiger partial charge in [-0.2, -0.15) is 0 Å². The molecule has 2 unspecified atom stereocenters. The number of pyridine rings is 1. The van der Waals surface area contributed by atoms with Gasteiger partial charge in [0, 0.05) is 23.7 Å². The summed E-state index contributed by atoms with van der Waals surface area (Å²) in [6.45, 7) is 8.86. The topological polar surface area (TPSA) is 30.0 Å². The number of Topliss-reactive ketones (excluding diaryl/α,β-unsaturated/α-hetero) is 1. The molecular weight excluding hydrogens is 294 g/mol. The Hall–Kier alpha value is -1.96. The molecule has 0 aromatic carbocycles. The predicted molar refractivity (Wildman–Crippen MR) is 96.7 cm³/mol. The van der Waals surface area contributed by atoms with E-state index in [0.717, 1.165) is 31.3 Å². The smallest absolute Gasteiger partial charge is 0.163 e. The second-order valence-electron chi connectivity index (χ2n) is 7.94. The van der Waals surface area contributed by atoms with Crippen molar-refractivity contribution in [2.75, 3.05) is 0 Å². The van der Waals surface area contributed by atoms with Crippen molar-refractivity contribution in [2.45, 2.75) is 58.8 Å². The standard InChI is InChI=1S/C22H25NO/c1-13-9-18-19(10-14(13)2)22(17-5-7-23-8-6-17)12-16(4)15(3)11-20(22)21(18)24/h5-8,20H,9-12H2,1-4H3. The lowest BCUT2D eigenvalue weighted by Crippen LogP contribution is -2.39. The number of allylic oxidation sites excluding steroid dienone is 6. The van der Waals surface area contributed by atoms with Crippen LogP contribution in [0.3, 0.4) is 0 Å². The van der Waals surface area contributed by atoms with Crippen LogP contribution in [0.1, 0.15) is 58.9 Å². The molecule has 0 amide bonds. The number of carbonyl (C=O) groups excluding carboxylic acids is 1. The molecule has 2 heteroatoms. The summed E-state index contributed by atoms with van der Waals surface area (Å²) in [5.41, 5.74) is 9.33. The molecule has 124 valence electrons. The maximum Gasteiger partial charge on any atom is 0.163 e. The Morgan fingerprint density at radius 3 is 2.33 bits per heavy atom. The number of rotatable bonds is 1. The third-order valence-electron chi connectivity index (χ3n) is 6.70. The zero-order valence-electron chi connectivity index (χ0n) is 15.1. The van der Waals surface area contributed by atoms with Gasteiger partial charge in [-0.05, 0) is 82.2 Å². The Balaban J connectivity index is 1.95. The van der Waals surface area contributed by atoms with Gasteiger partial charge < -0.3 is 0 Å². The average molecular weight is 319 g/mol. The van der Waals surface area contributed by atoms with Crippen molar-refractivity contribution in [3.63, 3.8) is 0 Å². The molecule has 1 heterocycles. The van der Waals surface area contributed by atoms with Crippen LogP contribution >= 0.6 is 0 Å². The predicted octanol–water partition coefficient (Wildman–Crippen LogP) is 5.08. The fraction of sp³-hybridized carbons (Fsp3) is 0.455. The van der Waals surface area contributed by atoms with Gasteiger partial charge in [0.2, 0.25) is 0 Å². The minimum Gasteiger partial charge on any atom is -0.294 e. The van der Waals surface area contributed by atoms with E-state index in [1.54, 1.807) is 0 Å². The molecule has 2 nitrogen and oxygen atoms in total. The molecular formula is C22H25NO. The number of fused-ring (bicyclic) bond motifs is 2. The normalized spacial score (nSPS) is 30.0. The van der Waals surface area contributed by atoms with Crippen LogP contribution in [-0.2, 0) is 10.2 Å². The highest BCUT2D eigenvalue weighted by molar-refractivity contribution is 6.04. The van der Waals surface area contributed by atoms with Crippen molar-refractivity contribution in [3.8, 4) is 0 Å². The largest absolute Gasteiger partial charge is 0.294 e. The summed E-state index contributed by atoms with van der Waals surface area (Å²) < 4.78 is 0. The van der Waals surface area contributed by atoms with Crippen LogP contribution in [0.5, 0.6) is 0 Å². The first-order valence-electron chi connectivity index (χ1n) is 8.93. The van der Waals surface area contributed by atoms with Crippen LogP contribution in [-0.4, -0.2) is 10.8 Å². The number of carbonyl (C=O) groups is 1. The van der Waals surface area contributed by atoms with E-state index >= 15 is 0 Å². The highest BCUT2D eigenvalue weighted by atomic mass is 16.1. The first-order chi connectivity index (χ1) is 11.4. The van der Waals surface area contributed by atoms with Gasteiger partial charge in [0.1, 0.15) is 0 Å². The van der Waals surface area contributed by atoms with E-state index < -0.39 is 0 Å². The molecule has 0 fully saturated rings. The third kappa shape index (κ3) is 1.95. The molecule has 1 aromatic rings. The van der Waals surface area contributed by atoms with Crippen LogP contribution in [0, 0.1) is 5.92 Å². The number of nitrogens with zero attached hydrogens (tertiary/aromatic N) is 1. The number of hydrogen-bond acceptors (Lipinski definition) is 2. The molecule has 0 spiro atoms. The molecule has 4 rings (SSSR count). The quantitative estimate of drug-likeness (QED) is 0.676. The molecule has 1 aromatic heterocycles. The second kappa shape index (κ2) is 5.27. The summed E-state index contributed by atoms with van der Waals surface area (Å²) in [4.78, 5) is 17.6. The first kappa shape index (κ1) is 15.6. The van der Waals surface area contributed by atoms with Crippen LogP contribution in [0.25, 0.3) is 0 Å². The Morgan fingerprint density at radius 1 is 0.958 bits per heavy atom. The zero-order valence-corrected chi connectivity index (χ0v) is 15.1. The van der Waals surface area contributed by atoms with Crippen molar-refractivity contribution in [3.05, 3.63) is 63.5 Å². The van der Waals surface area contributed by atoms with E-state index in [0.29, 0.717) is 5.78 Å². The maximum atomic E-state index is 13.3. The average Bonchev–Trinajstić information content (AvgIpc) is 2.80. The van der Waals surface area contributed by atoms with E-state index in [1.165, 1.54) is 33.4 Å². The molecule has 3 aliphatic rings. The first-order valence-corrected chi connectivity index (χ1v) is 8.93. The Morgan fingerprint density at radius 2 is 1.62 bits per heavy atom. The van der Waals surface area contributed by atoms with Gasteiger partial charge in [-0.3, -0.25) is 9.78 Å². The fourth-order valence-electron chi connectivity index (χ4n) is 5.03. The molecule has 0 bridgehead atoms. The van der Waals surface area contributed by atoms with Crippen LogP contribution < -0.4 is 0 Å². The van der Waals surface area contributed by atoms with Crippen molar-refractivity contribution in [1.29, 1.82) is 0 Å². The van der Waals surface area contributed by atoms with Gasteiger partial charge >= 0.3 is 0 Å². The lowest BCUT2D eigenvalue weighted by molar-refractivity contribution is -0.119. The van der Waals surface area contributed by atoms with Crippen molar-refractivity contribution >= 4 is 5.78 Å². The molecule has 0 N–H and O–H groups in total. The summed E-state index contributed by atoms with van der Waals surface area (Å²) in [6, 6.07) is 4.26. The van der Waals surface area contributed by atoms with Crippen molar-refractivity contribution < 1.29 is 4.79 Å². The van der Waals surface area contributed by atoms with Gasteiger partial charge in [0.05, 0.1) is 0 Å². The molecule has 2 atom stereocenters. The van der Waals surface area contributed by atoms with Crippen LogP contribution in [0.15, 0.2) is 58.0 Å². The Labute approximate surface area is 144 Å². The molecule has 0 saturated heterocycles. The van der Waals surface area contributed by atoms with Gasteiger partial charge in [-0.25, -0.2) is 0 Å². The van der Waals surface area contributed by atoms with Crippen molar-refractivity contribution in [2.24, 2.45) is 5.92 Å². The summed E-state index contributed by atoms with van der Waals surface area (Å²) in [7, 11) is 0. The summed E-state index contributed by atoms with van der Waals surface area (Å²) in [5, 5.41) is 0. The Kier molecular flexibility index (Phi) is 3.42.